The van der Waals surface area contributed by atoms with Gasteiger partial charge in [0, 0.05) is 39.2 Å². The summed E-state index contributed by atoms with van der Waals surface area (Å²) in [6.45, 7) is 5.27. The fourth-order valence-corrected chi connectivity index (χ4v) is 2.78. The highest BCUT2D eigenvalue weighted by atomic mass is 19.1. The van der Waals surface area contributed by atoms with Gasteiger partial charge in [0.2, 0.25) is 0 Å². The highest BCUT2D eigenvalue weighted by Crippen LogP contribution is 2.16. The van der Waals surface area contributed by atoms with E-state index in [1.54, 1.807) is 26.3 Å². The number of aliphatic imine (C=N–C) groups is 1. The summed E-state index contributed by atoms with van der Waals surface area (Å²) in [5, 5.41) is 3.33. The summed E-state index contributed by atoms with van der Waals surface area (Å²) >= 11 is 0. The van der Waals surface area contributed by atoms with Gasteiger partial charge in [0.25, 0.3) is 0 Å². The number of hydrogen-bond donors (Lipinski definition) is 1. The molecule has 0 aliphatic carbocycles. The third kappa shape index (κ3) is 5.39. The Hall–Kier alpha value is -1.82. The predicted molar refractivity (Wildman–Crippen MR) is 89.4 cm³/mol. The Morgan fingerprint density at radius 1 is 1.52 bits per heavy atom. The van der Waals surface area contributed by atoms with Crippen molar-refractivity contribution in [1.82, 2.24) is 10.2 Å². The fraction of sp³-hybridized carbons (Fsp3) is 0.588. The molecule has 0 amide bonds. The predicted octanol–water partition coefficient (Wildman–Crippen LogP) is 2.14. The minimum Gasteiger partial charge on any atom is -0.489 e. The second-order valence-electron chi connectivity index (χ2n) is 5.87. The molecule has 1 aromatic carbocycles. The Morgan fingerprint density at radius 2 is 2.35 bits per heavy atom. The van der Waals surface area contributed by atoms with Gasteiger partial charge in [-0.05, 0) is 25.5 Å². The number of nitrogens with one attached hydrogen (secondary N) is 1. The molecular weight excluding hydrogens is 297 g/mol. The zero-order chi connectivity index (χ0) is 16.7. The van der Waals surface area contributed by atoms with Crippen LogP contribution in [0, 0.1) is 11.7 Å². The van der Waals surface area contributed by atoms with Crippen LogP contribution in [-0.4, -0.2) is 57.4 Å². The van der Waals surface area contributed by atoms with Crippen molar-refractivity contribution in [1.29, 1.82) is 0 Å². The van der Waals surface area contributed by atoms with Crippen LogP contribution in [0.5, 0.6) is 5.75 Å². The van der Waals surface area contributed by atoms with Crippen molar-refractivity contribution in [2.24, 2.45) is 10.9 Å². The van der Waals surface area contributed by atoms with Crippen LogP contribution >= 0.6 is 0 Å². The van der Waals surface area contributed by atoms with Crippen molar-refractivity contribution in [2.75, 3.05) is 40.4 Å². The van der Waals surface area contributed by atoms with Crippen molar-refractivity contribution < 1.29 is 13.9 Å². The minimum absolute atomic E-state index is 0.0917. The van der Waals surface area contributed by atoms with E-state index in [0.717, 1.165) is 32.1 Å². The number of benzene rings is 1. The van der Waals surface area contributed by atoms with Gasteiger partial charge in [-0.2, -0.15) is 0 Å². The summed E-state index contributed by atoms with van der Waals surface area (Å²) in [6, 6.07) is 6.19. The first kappa shape index (κ1) is 17.5. The van der Waals surface area contributed by atoms with Gasteiger partial charge in [-0.1, -0.05) is 6.07 Å². The standard InChI is InChI=1S/C17H26FN3O2/c1-13(23-16-6-4-5-15(18)9-16)10-20-17(19-2)21-8-7-14(11-21)12-22-3/h4-6,9,13-14H,7-8,10-12H2,1-3H3,(H,19,20). The van der Waals surface area contributed by atoms with E-state index >= 15 is 0 Å². The largest absolute Gasteiger partial charge is 0.489 e. The molecule has 2 atom stereocenters. The monoisotopic (exact) mass is 323 g/mol. The molecule has 1 aliphatic rings. The van der Waals surface area contributed by atoms with Crippen LogP contribution in [0.2, 0.25) is 0 Å². The molecule has 2 unspecified atom stereocenters. The first-order valence-electron chi connectivity index (χ1n) is 7.99. The number of hydrogen-bond acceptors (Lipinski definition) is 3. The van der Waals surface area contributed by atoms with E-state index in [0.29, 0.717) is 18.2 Å². The van der Waals surface area contributed by atoms with E-state index in [-0.39, 0.29) is 11.9 Å². The Morgan fingerprint density at radius 3 is 3.04 bits per heavy atom. The lowest BCUT2D eigenvalue weighted by Gasteiger charge is -2.23. The molecule has 2 rings (SSSR count). The maximum absolute atomic E-state index is 13.2. The summed E-state index contributed by atoms with van der Waals surface area (Å²) < 4.78 is 24.1. The third-order valence-electron chi connectivity index (χ3n) is 3.88. The zero-order valence-electron chi connectivity index (χ0n) is 14.1. The maximum atomic E-state index is 13.2. The van der Waals surface area contributed by atoms with E-state index < -0.39 is 0 Å². The van der Waals surface area contributed by atoms with Gasteiger partial charge in [0.1, 0.15) is 17.7 Å². The van der Waals surface area contributed by atoms with Gasteiger partial charge in [-0.3, -0.25) is 4.99 Å². The molecule has 0 saturated carbocycles. The maximum Gasteiger partial charge on any atom is 0.193 e. The SMILES string of the molecule is CN=C(NCC(C)Oc1cccc(F)c1)N1CCC(COC)C1. The molecule has 6 heteroatoms. The van der Waals surface area contributed by atoms with Crippen LogP contribution in [0.25, 0.3) is 0 Å². The van der Waals surface area contributed by atoms with E-state index in [9.17, 15) is 4.39 Å². The van der Waals surface area contributed by atoms with Crippen LogP contribution in [0.4, 0.5) is 4.39 Å². The van der Waals surface area contributed by atoms with Crippen LogP contribution in [0.1, 0.15) is 13.3 Å². The Bertz CT molecular complexity index is 524. The van der Waals surface area contributed by atoms with Gasteiger partial charge in [0.15, 0.2) is 5.96 Å². The molecule has 23 heavy (non-hydrogen) atoms. The lowest BCUT2D eigenvalue weighted by Crippen LogP contribution is -2.43. The van der Waals surface area contributed by atoms with Crippen LogP contribution in [-0.2, 0) is 4.74 Å². The summed E-state index contributed by atoms with van der Waals surface area (Å²) in [5.41, 5.74) is 0. The first-order chi connectivity index (χ1) is 11.1. The quantitative estimate of drug-likeness (QED) is 0.643. The summed E-state index contributed by atoms with van der Waals surface area (Å²) in [4.78, 5) is 6.57. The van der Waals surface area contributed by atoms with Gasteiger partial charge in [-0.15, -0.1) is 0 Å². The molecule has 0 aromatic heterocycles. The Labute approximate surface area is 137 Å². The van der Waals surface area contributed by atoms with Crippen molar-refractivity contribution >= 4 is 5.96 Å². The molecular formula is C17H26FN3O2. The molecule has 1 aromatic rings. The lowest BCUT2D eigenvalue weighted by atomic mass is 10.1. The third-order valence-corrected chi connectivity index (χ3v) is 3.88. The molecule has 1 fully saturated rings. The number of methoxy groups -OCH3 is 1. The minimum atomic E-state index is -0.292. The van der Waals surface area contributed by atoms with Gasteiger partial charge in [0.05, 0.1) is 13.2 Å². The summed E-state index contributed by atoms with van der Waals surface area (Å²) in [5.74, 6) is 1.67. The molecule has 1 saturated heterocycles. The normalized spacial score (nSPS) is 19.7. The number of likely N-dealkylation sites (tertiary alicyclic amines) is 1. The van der Waals surface area contributed by atoms with Crippen molar-refractivity contribution in [3.05, 3.63) is 30.1 Å². The van der Waals surface area contributed by atoms with E-state index in [1.165, 1.54) is 12.1 Å². The smallest absolute Gasteiger partial charge is 0.193 e. The molecule has 0 bridgehead atoms. The van der Waals surface area contributed by atoms with Crippen LogP contribution in [0.15, 0.2) is 29.3 Å². The lowest BCUT2D eigenvalue weighted by molar-refractivity contribution is 0.157. The number of rotatable bonds is 6. The average Bonchev–Trinajstić information content (AvgIpc) is 2.97. The number of ether oxygens (including phenoxy) is 2. The van der Waals surface area contributed by atoms with E-state index in [1.807, 2.05) is 6.92 Å². The molecule has 1 N–H and O–H groups in total. The average molecular weight is 323 g/mol. The number of halogens is 1. The van der Waals surface area contributed by atoms with Crippen LogP contribution in [0.3, 0.4) is 0 Å². The molecule has 128 valence electrons. The molecule has 0 radical (unpaired) electrons. The second-order valence-corrected chi connectivity index (χ2v) is 5.87. The molecule has 5 nitrogen and oxygen atoms in total. The van der Waals surface area contributed by atoms with Crippen molar-refractivity contribution in [3.8, 4) is 5.75 Å². The Kier molecular flexibility index (Phi) is 6.65. The first-order valence-corrected chi connectivity index (χ1v) is 7.99. The molecule has 1 aliphatic heterocycles. The van der Waals surface area contributed by atoms with E-state index in [2.05, 4.69) is 15.2 Å². The van der Waals surface area contributed by atoms with Crippen LogP contribution < -0.4 is 10.1 Å². The van der Waals surface area contributed by atoms with E-state index in [4.69, 9.17) is 9.47 Å². The zero-order valence-corrected chi connectivity index (χ0v) is 14.1. The molecule has 0 spiro atoms. The summed E-state index contributed by atoms with van der Waals surface area (Å²) in [7, 11) is 3.52. The number of guanidine groups is 1. The summed E-state index contributed by atoms with van der Waals surface area (Å²) in [6.07, 6.45) is 1.02. The van der Waals surface area contributed by atoms with Gasteiger partial charge in [-0.25, -0.2) is 4.39 Å². The second kappa shape index (κ2) is 8.72. The highest BCUT2D eigenvalue weighted by Gasteiger charge is 2.24. The molecule has 1 heterocycles. The fourth-order valence-electron chi connectivity index (χ4n) is 2.78. The highest BCUT2D eigenvalue weighted by molar-refractivity contribution is 5.80. The Balaban J connectivity index is 1.79. The van der Waals surface area contributed by atoms with Gasteiger partial charge < -0.3 is 19.7 Å². The van der Waals surface area contributed by atoms with Crippen molar-refractivity contribution in [3.63, 3.8) is 0 Å². The number of nitrogens with zero attached hydrogens (tertiary/aromatic N) is 2. The van der Waals surface area contributed by atoms with Crippen molar-refractivity contribution in [2.45, 2.75) is 19.4 Å². The van der Waals surface area contributed by atoms with Gasteiger partial charge >= 0.3 is 0 Å². The topological polar surface area (TPSA) is 46.1 Å².